The van der Waals surface area contributed by atoms with Crippen LogP contribution in [0.3, 0.4) is 0 Å². The van der Waals surface area contributed by atoms with Crippen molar-refractivity contribution in [3.05, 3.63) is 57.8 Å². The first-order valence-electron chi connectivity index (χ1n) is 6.30. The molecule has 1 atom stereocenters. The summed E-state index contributed by atoms with van der Waals surface area (Å²) in [4.78, 5) is 0. The Labute approximate surface area is 135 Å². The van der Waals surface area contributed by atoms with E-state index in [1.165, 1.54) is 12.1 Å². The van der Waals surface area contributed by atoms with Crippen molar-refractivity contribution in [1.82, 2.24) is 0 Å². The minimum atomic E-state index is -0.697. The van der Waals surface area contributed by atoms with Gasteiger partial charge in [0.2, 0.25) is 0 Å². The average molecular weight is 375 g/mol. The second kappa shape index (κ2) is 7.64. The Balaban J connectivity index is 1.79. The second-order valence-corrected chi connectivity index (χ2v) is 5.71. The highest BCUT2D eigenvalue weighted by molar-refractivity contribution is 9.10. The van der Waals surface area contributed by atoms with Crippen LogP contribution in [-0.2, 0) is 0 Å². The molecule has 21 heavy (non-hydrogen) atoms. The van der Waals surface area contributed by atoms with E-state index in [2.05, 4.69) is 21.2 Å². The van der Waals surface area contributed by atoms with Crippen LogP contribution in [0, 0.1) is 5.82 Å². The molecular formula is C15H14BrClFNO2. The minimum Gasteiger partial charge on any atom is -0.491 e. The van der Waals surface area contributed by atoms with Gasteiger partial charge in [-0.1, -0.05) is 11.6 Å². The van der Waals surface area contributed by atoms with Gasteiger partial charge in [0.25, 0.3) is 0 Å². The van der Waals surface area contributed by atoms with Crippen molar-refractivity contribution in [2.75, 3.05) is 18.5 Å². The van der Waals surface area contributed by atoms with Crippen LogP contribution < -0.4 is 10.1 Å². The van der Waals surface area contributed by atoms with E-state index in [-0.39, 0.29) is 19.0 Å². The zero-order chi connectivity index (χ0) is 15.2. The first kappa shape index (κ1) is 16.1. The maximum absolute atomic E-state index is 12.9. The Bertz CT molecular complexity index is 595. The summed E-state index contributed by atoms with van der Waals surface area (Å²) in [6.45, 7) is 0.436. The molecular weight excluding hydrogens is 361 g/mol. The molecule has 2 aromatic rings. The Morgan fingerprint density at radius 1 is 1.24 bits per heavy atom. The predicted octanol–water partition coefficient (Wildman–Crippen LogP) is 4.09. The molecule has 0 aliphatic rings. The number of anilines is 1. The largest absolute Gasteiger partial charge is 0.491 e. The molecule has 0 spiro atoms. The number of aliphatic hydroxyl groups is 1. The van der Waals surface area contributed by atoms with E-state index < -0.39 is 6.10 Å². The fourth-order valence-corrected chi connectivity index (χ4v) is 2.26. The van der Waals surface area contributed by atoms with Crippen LogP contribution in [0.25, 0.3) is 0 Å². The molecule has 112 valence electrons. The Morgan fingerprint density at radius 3 is 2.62 bits per heavy atom. The lowest BCUT2D eigenvalue weighted by Crippen LogP contribution is -2.26. The van der Waals surface area contributed by atoms with Crippen LogP contribution in [0.15, 0.2) is 46.9 Å². The molecule has 0 aliphatic carbocycles. The third-order valence-corrected chi connectivity index (χ3v) is 3.62. The van der Waals surface area contributed by atoms with Gasteiger partial charge in [0.15, 0.2) is 0 Å². The average Bonchev–Trinajstić information content (AvgIpc) is 2.46. The summed E-state index contributed by atoms with van der Waals surface area (Å²) in [7, 11) is 0. The summed E-state index contributed by atoms with van der Waals surface area (Å²) in [5, 5.41) is 13.5. The molecule has 0 saturated heterocycles. The summed E-state index contributed by atoms with van der Waals surface area (Å²) < 4.78 is 19.0. The lowest BCUT2D eigenvalue weighted by Gasteiger charge is -2.15. The van der Waals surface area contributed by atoms with Crippen molar-refractivity contribution in [3.8, 4) is 5.75 Å². The van der Waals surface area contributed by atoms with Crippen LogP contribution >= 0.6 is 27.5 Å². The number of aliphatic hydroxyl groups excluding tert-OH is 1. The fourth-order valence-electron chi connectivity index (χ4n) is 1.64. The molecule has 0 aliphatic heterocycles. The summed E-state index contributed by atoms with van der Waals surface area (Å²) in [6, 6.07) is 11.2. The molecule has 3 nitrogen and oxygen atoms in total. The fraction of sp³-hybridized carbons (Fsp3) is 0.200. The van der Waals surface area contributed by atoms with Crippen molar-refractivity contribution >= 4 is 33.2 Å². The molecule has 2 aromatic carbocycles. The highest BCUT2D eigenvalue weighted by atomic mass is 79.9. The van der Waals surface area contributed by atoms with E-state index in [1.54, 1.807) is 30.3 Å². The maximum atomic E-state index is 12.9. The van der Waals surface area contributed by atoms with Crippen LogP contribution in [0.1, 0.15) is 0 Å². The first-order chi connectivity index (χ1) is 10.0. The standard InChI is InChI=1S/C15H14BrClFNO2/c16-14-7-11(18)3-6-15(14)19-8-12(20)9-21-13-4-1-10(17)2-5-13/h1-7,12,19-20H,8-9H2. The van der Waals surface area contributed by atoms with E-state index in [0.717, 1.165) is 0 Å². The van der Waals surface area contributed by atoms with Crippen LogP contribution in [0.2, 0.25) is 5.02 Å². The van der Waals surface area contributed by atoms with Gasteiger partial charge in [-0.05, 0) is 58.4 Å². The van der Waals surface area contributed by atoms with E-state index in [9.17, 15) is 9.50 Å². The quantitative estimate of drug-likeness (QED) is 0.800. The SMILES string of the molecule is OC(CNc1ccc(F)cc1Br)COc1ccc(Cl)cc1. The zero-order valence-electron chi connectivity index (χ0n) is 11.0. The minimum absolute atomic E-state index is 0.146. The van der Waals surface area contributed by atoms with Gasteiger partial charge in [0.05, 0.1) is 0 Å². The molecule has 0 saturated carbocycles. The molecule has 6 heteroatoms. The van der Waals surface area contributed by atoms with Gasteiger partial charge < -0.3 is 15.2 Å². The first-order valence-corrected chi connectivity index (χ1v) is 7.47. The predicted molar refractivity (Wildman–Crippen MR) is 85.5 cm³/mol. The van der Waals surface area contributed by atoms with Crippen LogP contribution in [0.5, 0.6) is 5.75 Å². The third kappa shape index (κ3) is 5.19. The third-order valence-electron chi connectivity index (χ3n) is 2.72. The molecule has 2 rings (SSSR count). The Morgan fingerprint density at radius 2 is 1.95 bits per heavy atom. The molecule has 0 aromatic heterocycles. The monoisotopic (exact) mass is 373 g/mol. The molecule has 0 radical (unpaired) electrons. The highest BCUT2D eigenvalue weighted by Gasteiger charge is 2.07. The van der Waals surface area contributed by atoms with E-state index >= 15 is 0 Å². The van der Waals surface area contributed by atoms with Crippen molar-refractivity contribution < 1.29 is 14.2 Å². The van der Waals surface area contributed by atoms with Crippen molar-refractivity contribution in [2.45, 2.75) is 6.10 Å². The lowest BCUT2D eigenvalue weighted by atomic mass is 10.3. The van der Waals surface area contributed by atoms with E-state index in [0.29, 0.717) is 20.9 Å². The molecule has 0 amide bonds. The van der Waals surface area contributed by atoms with Gasteiger partial charge in [-0.15, -0.1) is 0 Å². The van der Waals surface area contributed by atoms with Crippen molar-refractivity contribution in [2.24, 2.45) is 0 Å². The molecule has 0 heterocycles. The van der Waals surface area contributed by atoms with Gasteiger partial charge in [-0.2, -0.15) is 0 Å². The molecule has 1 unspecified atom stereocenters. The number of halogens is 3. The van der Waals surface area contributed by atoms with Gasteiger partial charge in [-0.25, -0.2) is 4.39 Å². The Kier molecular flexibility index (Phi) is 5.85. The number of nitrogens with one attached hydrogen (secondary N) is 1. The summed E-state index contributed by atoms with van der Waals surface area (Å²) in [5.74, 6) is 0.320. The number of hydrogen-bond donors (Lipinski definition) is 2. The van der Waals surface area contributed by atoms with E-state index in [4.69, 9.17) is 16.3 Å². The number of hydrogen-bond acceptors (Lipinski definition) is 3. The van der Waals surface area contributed by atoms with Crippen molar-refractivity contribution in [1.29, 1.82) is 0 Å². The normalized spacial score (nSPS) is 12.0. The maximum Gasteiger partial charge on any atom is 0.124 e. The summed E-state index contributed by atoms with van der Waals surface area (Å²) >= 11 is 9.02. The summed E-state index contributed by atoms with van der Waals surface area (Å²) in [5.41, 5.74) is 0.710. The number of rotatable bonds is 6. The molecule has 2 N–H and O–H groups in total. The second-order valence-electron chi connectivity index (χ2n) is 4.42. The van der Waals surface area contributed by atoms with Crippen LogP contribution in [0.4, 0.5) is 10.1 Å². The van der Waals surface area contributed by atoms with E-state index in [1.807, 2.05) is 0 Å². The van der Waals surface area contributed by atoms with Gasteiger partial charge >= 0.3 is 0 Å². The molecule has 0 bridgehead atoms. The highest BCUT2D eigenvalue weighted by Crippen LogP contribution is 2.23. The lowest BCUT2D eigenvalue weighted by molar-refractivity contribution is 0.117. The van der Waals surface area contributed by atoms with Gasteiger partial charge in [0.1, 0.15) is 24.3 Å². The summed E-state index contributed by atoms with van der Waals surface area (Å²) in [6.07, 6.45) is -0.697. The zero-order valence-corrected chi connectivity index (χ0v) is 13.4. The topological polar surface area (TPSA) is 41.5 Å². The van der Waals surface area contributed by atoms with Crippen LogP contribution in [-0.4, -0.2) is 24.4 Å². The van der Waals surface area contributed by atoms with Gasteiger partial charge in [-0.3, -0.25) is 0 Å². The number of ether oxygens (including phenoxy) is 1. The van der Waals surface area contributed by atoms with Crippen molar-refractivity contribution in [3.63, 3.8) is 0 Å². The van der Waals surface area contributed by atoms with Gasteiger partial charge in [0, 0.05) is 21.7 Å². The smallest absolute Gasteiger partial charge is 0.124 e. The molecule has 0 fully saturated rings. The Hall–Kier alpha value is -1.30. The number of benzene rings is 2.